The fourth-order valence-corrected chi connectivity index (χ4v) is 3.90. The van der Waals surface area contributed by atoms with Gasteiger partial charge in [-0.25, -0.2) is 15.0 Å². The molecule has 0 amide bonds. The summed E-state index contributed by atoms with van der Waals surface area (Å²) < 4.78 is 7.26. The van der Waals surface area contributed by atoms with Crippen LogP contribution in [0.3, 0.4) is 0 Å². The third-order valence-electron chi connectivity index (χ3n) is 5.24. The number of hydrogen-bond donors (Lipinski definition) is 1. The van der Waals surface area contributed by atoms with Crippen molar-refractivity contribution in [1.29, 1.82) is 0 Å². The normalized spacial score (nSPS) is 17.4. The molecule has 1 atom stereocenters. The molecule has 1 N–H and O–H groups in total. The van der Waals surface area contributed by atoms with Gasteiger partial charge in [0.1, 0.15) is 31.1 Å². The Morgan fingerprint density at radius 2 is 2.03 bits per heavy atom. The van der Waals surface area contributed by atoms with Crippen molar-refractivity contribution in [1.82, 2.24) is 24.8 Å². The molecule has 0 aliphatic carbocycles. The van der Waals surface area contributed by atoms with Gasteiger partial charge in [0.15, 0.2) is 0 Å². The smallest absolute Gasteiger partial charge is 0.325 e. The van der Waals surface area contributed by atoms with Crippen LogP contribution in [0.4, 0.5) is 11.6 Å². The van der Waals surface area contributed by atoms with E-state index in [-0.39, 0.29) is 0 Å². The second-order valence-electron chi connectivity index (χ2n) is 7.78. The van der Waals surface area contributed by atoms with Gasteiger partial charge in [-0.3, -0.25) is 9.42 Å². The van der Waals surface area contributed by atoms with Crippen molar-refractivity contribution in [2.75, 3.05) is 18.4 Å². The van der Waals surface area contributed by atoms with Crippen LogP contribution in [0, 0.1) is 20.8 Å². The molecule has 1 aliphatic rings. The maximum absolute atomic E-state index is 5.51. The standard InChI is InChI=1S/C21H28N7O/c1-14-7-8-22-19(10-14)26-20-11-18(23-15(2)24-20)17-6-5-9-28(12-17)13-21-25-16(3)29-27(21)4/h7-8,10-11,17H,5-6,9,12-13H2,1-4H3,(H,22,23,24,26)/q+1. The summed E-state index contributed by atoms with van der Waals surface area (Å²) in [6.07, 6.45) is 4.06. The zero-order chi connectivity index (χ0) is 20.4. The summed E-state index contributed by atoms with van der Waals surface area (Å²) in [4.78, 5) is 20.6. The minimum absolute atomic E-state index is 0.370. The van der Waals surface area contributed by atoms with E-state index in [2.05, 4.69) is 38.2 Å². The first-order valence-electron chi connectivity index (χ1n) is 10.1. The molecular weight excluding hydrogens is 366 g/mol. The first-order chi connectivity index (χ1) is 14.0. The van der Waals surface area contributed by atoms with Crippen LogP contribution in [-0.2, 0) is 13.6 Å². The number of aryl methyl sites for hydroxylation is 4. The molecule has 152 valence electrons. The average Bonchev–Trinajstić information content (AvgIpc) is 2.98. The van der Waals surface area contributed by atoms with Gasteiger partial charge < -0.3 is 5.32 Å². The van der Waals surface area contributed by atoms with E-state index in [1.165, 1.54) is 0 Å². The monoisotopic (exact) mass is 394 g/mol. The van der Waals surface area contributed by atoms with E-state index >= 15 is 0 Å². The SMILES string of the molecule is Cc1ccnc(Nc2cc(C3CCCN(Cc4nc(C)o[n+]4C)C3)nc(C)n2)c1. The Labute approximate surface area is 171 Å². The van der Waals surface area contributed by atoms with Gasteiger partial charge in [0.05, 0.1) is 5.69 Å². The number of anilines is 2. The quantitative estimate of drug-likeness (QED) is 0.666. The molecule has 1 aliphatic heterocycles. The first-order valence-corrected chi connectivity index (χ1v) is 10.1. The molecule has 0 aromatic carbocycles. The summed E-state index contributed by atoms with van der Waals surface area (Å²) in [5, 5.41) is 3.32. The highest BCUT2D eigenvalue weighted by molar-refractivity contribution is 5.52. The maximum Gasteiger partial charge on any atom is 0.350 e. The van der Waals surface area contributed by atoms with E-state index in [1.54, 1.807) is 10.9 Å². The number of nitrogens with zero attached hydrogens (tertiary/aromatic N) is 6. The number of hydrogen-bond acceptors (Lipinski definition) is 7. The fourth-order valence-electron chi connectivity index (χ4n) is 3.90. The number of aromatic nitrogens is 5. The van der Waals surface area contributed by atoms with Crippen LogP contribution in [0.5, 0.6) is 0 Å². The molecule has 8 nitrogen and oxygen atoms in total. The van der Waals surface area contributed by atoms with Crippen molar-refractivity contribution in [3.05, 3.63) is 53.2 Å². The molecule has 8 heteroatoms. The van der Waals surface area contributed by atoms with Gasteiger partial charge in [0, 0.05) is 31.6 Å². The summed E-state index contributed by atoms with van der Waals surface area (Å²) in [7, 11) is 1.90. The molecule has 3 aromatic rings. The fraction of sp³-hybridized carbons (Fsp3) is 0.476. The van der Waals surface area contributed by atoms with Crippen LogP contribution >= 0.6 is 0 Å². The lowest BCUT2D eigenvalue weighted by Crippen LogP contribution is -2.39. The lowest BCUT2D eigenvalue weighted by molar-refractivity contribution is -0.852. The first kappa shape index (κ1) is 19.4. The van der Waals surface area contributed by atoms with Crippen LogP contribution in [0.1, 0.15) is 47.6 Å². The molecule has 4 rings (SSSR count). The second-order valence-corrected chi connectivity index (χ2v) is 7.78. The lowest BCUT2D eigenvalue weighted by Gasteiger charge is -2.31. The zero-order valence-electron chi connectivity index (χ0n) is 17.5. The Bertz CT molecular complexity index is 1000. The van der Waals surface area contributed by atoms with E-state index in [0.717, 1.165) is 67.0 Å². The molecule has 1 unspecified atom stereocenters. The van der Waals surface area contributed by atoms with E-state index in [0.29, 0.717) is 11.8 Å². The lowest BCUT2D eigenvalue weighted by atomic mass is 9.94. The van der Waals surface area contributed by atoms with Gasteiger partial charge in [0.2, 0.25) is 0 Å². The Morgan fingerprint density at radius 3 is 2.79 bits per heavy atom. The topological polar surface area (TPSA) is 83.9 Å². The average molecular weight is 395 g/mol. The molecule has 0 saturated carbocycles. The minimum Gasteiger partial charge on any atom is -0.325 e. The Morgan fingerprint density at radius 1 is 1.17 bits per heavy atom. The van der Waals surface area contributed by atoms with Gasteiger partial charge in [0.25, 0.3) is 0 Å². The molecule has 0 bridgehead atoms. The predicted octanol–water partition coefficient (Wildman–Crippen LogP) is 2.73. The molecule has 4 heterocycles. The summed E-state index contributed by atoms with van der Waals surface area (Å²) in [6, 6.07) is 6.06. The zero-order valence-corrected chi connectivity index (χ0v) is 17.5. The van der Waals surface area contributed by atoms with Crippen molar-refractivity contribution in [3.63, 3.8) is 0 Å². The molecule has 3 aromatic heterocycles. The molecule has 1 saturated heterocycles. The Balaban J connectivity index is 1.49. The van der Waals surface area contributed by atoms with Crippen molar-refractivity contribution in [2.24, 2.45) is 7.05 Å². The van der Waals surface area contributed by atoms with Crippen LogP contribution in [0.15, 0.2) is 28.9 Å². The van der Waals surface area contributed by atoms with E-state index in [4.69, 9.17) is 9.51 Å². The Kier molecular flexibility index (Phi) is 5.53. The number of likely N-dealkylation sites (tertiary alicyclic amines) is 1. The van der Waals surface area contributed by atoms with Gasteiger partial charge >= 0.3 is 11.7 Å². The van der Waals surface area contributed by atoms with Gasteiger partial charge in [-0.05, 0) is 55.9 Å². The number of nitrogens with one attached hydrogen (secondary N) is 1. The van der Waals surface area contributed by atoms with E-state index in [9.17, 15) is 0 Å². The van der Waals surface area contributed by atoms with Gasteiger partial charge in [-0.2, -0.15) is 0 Å². The summed E-state index contributed by atoms with van der Waals surface area (Å²) in [6.45, 7) is 8.67. The Hall–Kier alpha value is -2.87. The number of piperidine rings is 1. The highest BCUT2D eigenvalue weighted by atomic mass is 16.5. The molecule has 0 spiro atoms. The molecule has 1 fully saturated rings. The number of rotatable bonds is 5. The summed E-state index contributed by atoms with van der Waals surface area (Å²) in [5.74, 6) is 4.38. The minimum atomic E-state index is 0.370. The van der Waals surface area contributed by atoms with Crippen molar-refractivity contribution in [3.8, 4) is 0 Å². The van der Waals surface area contributed by atoms with Crippen LogP contribution in [0.2, 0.25) is 0 Å². The van der Waals surface area contributed by atoms with Crippen molar-refractivity contribution >= 4 is 11.6 Å². The van der Waals surface area contributed by atoms with Gasteiger partial charge in [-0.1, -0.05) is 4.74 Å². The second kappa shape index (κ2) is 8.24. The van der Waals surface area contributed by atoms with Gasteiger partial charge in [-0.15, -0.1) is 0 Å². The third-order valence-corrected chi connectivity index (χ3v) is 5.24. The van der Waals surface area contributed by atoms with Crippen LogP contribution in [0.25, 0.3) is 0 Å². The summed E-state index contributed by atoms with van der Waals surface area (Å²) >= 11 is 0. The molecule has 29 heavy (non-hydrogen) atoms. The van der Waals surface area contributed by atoms with Crippen LogP contribution < -0.4 is 10.1 Å². The summed E-state index contributed by atoms with van der Waals surface area (Å²) in [5.41, 5.74) is 2.24. The molecule has 0 radical (unpaired) electrons. The third kappa shape index (κ3) is 4.76. The van der Waals surface area contributed by atoms with E-state index in [1.807, 2.05) is 33.0 Å². The molecular formula is C21H28N7O+. The van der Waals surface area contributed by atoms with E-state index < -0.39 is 0 Å². The van der Waals surface area contributed by atoms with Crippen molar-refractivity contribution in [2.45, 2.75) is 46.1 Å². The highest BCUT2D eigenvalue weighted by Gasteiger charge is 2.27. The maximum atomic E-state index is 5.51. The van der Waals surface area contributed by atoms with Crippen molar-refractivity contribution < 1.29 is 9.26 Å². The highest BCUT2D eigenvalue weighted by Crippen LogP contribution is 2.28. The number of pyridine rings is 1. The van der Waals surface area contributed by atoms with Crippen LogP contribution in [-0.4, -0.2) is 37.9 Å². The largest absolute Gasteiger partial charge is 0.350 e. The predicted molar refractivity (Wildman–Crippen MR) is 109 cm³/mol.